The van der Waals surface area contributed by atoms with E-state index in [1.165, 1.54) is 0 Å². The Balaban J connectivity index is 2.52. The molecule has 1 aliphatic heterocycles. The van der Waals surface area contributed by atoms with Crippen LogP contribution in [0.2, 0.25) is 0 Å². The van der Waals surface area contributed by atoms with Gasteiger partial charge in [-0.05, 0) is 18.6 Å². The van der Waals surface area contributed by atoms with Crippen molar-refractivity contribution in [3.05, 3.63) is 17.7 Å². The molecule has 0 spiro atoms. The lowest BCUT2D eigenvalue weighted by Crippen LogP contribution is -2.16. The van der Waals surface area contributed by atoms with E-state index in [4.69, 9.17) is 9.47 Å². The number of benzene rings is 1. The van der Waals surface area contributed by atoms with Gasteiger partial charge in [0.2, 0.25) is 0 Å². The second kappa shape index (κ2) is 3.17. The summed E-state index contributed by atoms with van der Waals surface area (Å²) in [5.74, 6) is 1.72. The molecule has 13 heavy (non-hydrogen) atoms. The Morgan fingerprint density at radius 1 is 1.31 bits per heavy atom. The molecule has 1 N–H and O–H groups in total. The summed E-state index contributed by atoms with van der Waals surface area (Å²) < 4.78 is 10.8. The fourth-order valence-electron chi connectivity index (χ4n) is 1.50. The molecule has 3 heteroatoms. The predicted molar refractivity (Wildman–Crippen MR) is 48.5 cm³/mol. The van der Waals surface area contributed by atoms with E-state index in [2.05, 4.69) is 0 Å². The van der Waals surface area contributed by atoms with E-state index in [1.54, 1.807) is 12.1 Å². The SMILES string of the molecule is CCc1c(O)ccc2c1OCCO2. The molecule has 0 amide bonds. The van der Waals surface area contributed by atoms with Crippen LogP contribution in [0.4, 0.5) is 0 Å². The number of ether oxygens (including phenoxy) is 2. The second-order valence-corrected chi connectivity index (χ2v) is 2.94. The van der Waals surface area contributed by atoms with Crippen molar-refractivity contribution in [2.45, 2.75) is 13.3 Å². The number of phenols is 1. The number of rotatable bonds is 1. The maximum atomic E-state index is 9.53. The van der Waals surface area contributed by atoms with Gasteiger partial charge in [-0.1, -0.05) is 6.92 Å². The molecule has 0 aliphatic carbocycles. The van der Waals surface area contributed by atoms with E-state index in [1.807, 2.05) is 6.92 Å². The summed E-state index contributed by atoms with van der Waals surface area (Å²) in [6.45, 7) is 3.12. The smallest absolute Gasteiger partial charge is 0.168 e. The summed E-state index contributed by atoms with van der Waals surface area (Å²) in [7, 11) is 0. The number of hydrogen-bond acceptors (Lipinski definition) is 3. The highest BCUT2D eigenvalue weighted by Gasteiger charge is 2.17. The number of aromatic hydroxyl groups is 1. The Morgan fingerprint density at radius 2 is 2.08 bits per heavy atom. The first kappa shape index (κ1) is 8.23. The largest absolute Gasteiger partial charge is 0.508 e. The highest BCUT2D eigenvalue weighted by Crippen LogP contribution is 2.38. The lowest BCUT2D eigenvalue weighted by atomic mass is 10.1. The monoisotopic (exact) mass is 180 g/mol. The highest BCUT2D eigenvalue weighted by molar-refractivity contribution is 5.53. The van der Waals surface area contributed by atoms with Gasteiger partial charge in [-0.15, -0.1) is 0 Å². The fraction of sp³-hybridized carbons (Fsp3) is 0.400. The average Bonchev–Trinajstić information content (AvgIpc) is 2.18. The van der Waals surface area contributed by atoms with Gasteiger partial charge in [0, 0.05) is 5.56 Å². The van der Waals surface area contributed by atoms with Crippen molar-refractivity contribution in [1.82, 2.24) is 0 Å². The standard InChI is InChI=1S/C10H12O3/c1-2-7-8(11)3-4-9-10(7)13-6-5-12-9/h3-4,11H,2,5-6H2,1H3. The summed E-state index contributed by atoms with van der Waals surface area (Å²) in [5, 5.41) is 9.53. The molecule has 0 unspecified atom stereocenters. The lowest BCUT2D eigenvalue weighted by Gasteiger charge is -2.21. The summed E-state index contributed by atoms with van der Waals surface area (Å²) in [5.41, 5.74) is 0.831. The third kappa shape index (κ3) is 1.30. The van der Waals surface area contributed by atoms with Crippen molar-refractivity contribution in [3.8, 4) is 17.2 Å². The van der Waals surface area contributed by atoms with Crippen LogP contribution < -0.4 is 9.47 Å². The molecule has 0 fully saturated rings. The van der Waals surface area contributed by atoms with Crippen LogP contribution in [0.1, 0.15) is 12.5 Å². The fourth-order valence-corrected chi connectivity index (χ4v) is 1.50. The zero-order chi connectivity index (χ0) is 9.26. The Hall–Kier alpha value is -1.38. The molecule has 0 saturated heterocycles. The van der Waals surface area contributed by atoms with Crippen molar-refractivity contribution in [1.29, 1.82) is 0 Å². The zero-order valence-electron chi connectivity index (χ0n) is 7.54. The maximum absolute atomic E-state index is 9.53. The van der Waals surface area contributed by atoms with Gasteiger partial charge in [0.15, 0.2) is 11.5 Å². The number of phenolic OH excluding ortho intramolecular Hbond substituents is 1. The van der Waals surface area contributed by atoms with Crippen molar-refractivity contribution < 1.29 is 14.6 Å². The number of hydrogen-bond donors (Lipinski definition) is 1. The maximum Gasteiger partial charge on any atom is 0.168 e. The first-order chi connectivity index (χ1) is 6.33. The molecule has 1 aromatic rings. The molecular formula is C10H12O3. The first-order valence-electron chi connectivity index (χ1n) is 4.43. The molecule has 0 saturated carbocycles. The molecular weight excluding hydrogens is 168 g/mol. The molecule has 2 rings (SSSR count). The Labute approximate surface area is 76.9 Å². The highest BCUT2D eigenvalue weighted by atomic mass is 16.6. The summed E-state index contributed by atoms with van der Waals surface area (Å²) >= 11 is 0. The number of fused-ring (bicyclic) bond motifs is 1. The van der Waals surface area contributed by atoms with Crippen LogP contribution in [0.3, 0.4) is 0 Å². The molecule has 1 heterocycles. The van der Waals surface area contributed by atoms with Gasteiger partial charge in [0.05, 0.1) is 0 Å². The van der Waals surface area contributed by atoms with E-state index in [-0.39, 0.29) is 5.75 Å². The molecule has 0 atom stereocenters. The van der Waals surface area contributed by atoms with Crippen LogP contribution in [0.25, 0.3) is 0 Å². The summed E-state index contributed by atoms with van der Waals surface area (Å²) in [4.78, 5) is 0. The van der Waals surface area contributed by atoms with E-state index in [9.17, 15) is 5.11 Å². The minimum absolute atomic E-state index is 0.284. The third-order valence-corrected chi connectivity index (χ3v) is 2.14. The minimum Gasteiger partial charge on any atom is -0.508 e. The van der Waals surface area contributed by atoms with Crippen molar-refractivity contribution >= 4 is 0 Å². The molecule has 70 valence electrons. The average molecular weight is 180 g/mol. The van der Waals surface area contributed by atoms with Gasteiger partial charge in [-0.25, -0.2) is 0 Å². The van der Waals surface area contributed by atoms with Crippen LogP contribution in [0.5, 0.6) is 17.2 Å². The first-order valence-corrected chi connectivity index (χ1v) is 4.43. The van der Waals surface area contributed by atoms with Gasteiger partial charge in [0.25, 0.3) is 0 Å². The van der Waals surface area contributed by atoms with Gasteiger partial charge < -0.3 is 14.6 Å². The molecule has 0 bridgehead atoms. The molecule has 0 radical (unpaired) electrons. The van der Waals surface area contributed by atoms with E-state index < -0.39 is 0 Å². The molecule has 3 nitrogen and oxygen atoms in total. The quantitative estimate of drug-likeness (QED) is 0.715. The van der Waals surface area contributed by atoms with Crippen molar-refractivity contribution in [2.75, 3.05) is 13.2 Å². The second-order valence-electron chi connectivity index (χ2n) is 2.94. The van der Waals surface area contributed by atoms with E-state index in [0.29, 0.717) is 19.0 Å². The van der Waals surface area contributed by atoms with Gasteiger partial charge in [0.1, 0.15) is 19.0 Å². The normalized spacial score (nSPS) is 14.2. The Morgan fingerprint density at radius 3 is 2.85 bits per heavy atom. The minimum atomic E-state index is 0.284. The van der Waals surface area contributed by atoms with E-state index >= 15 is 0 Å². The topological polar surface area (TPSA) is 38.7 Å². The molecule has 1 aliphatic rings. The van der Waals surface area contributed by atoms with Gasteiger partial charge in [-0.2, -0.15) is 0 Å². The molecule has 1 aromatic carbocycles. The summed E-state index contributed by atoms with van der Waals surface area (Å²) in [6, 6.07) is 3.38. The third-order valence-electron chi connectivity index (χ3n) is 2.14. The lowest BCUT2D eigenvalue weighted by molar-refractivity contribution is 0.169. The van der Waals surface area contributed by atoms with Crippen molar-refractivity contribution in [3.63, 3.8) is 0 Å². The van der Waals surface area contributed by atoms with Crippen LogP contribution in [-0.4, -0.2) is 18.3 Å². The van der Waals surface area contributed by atoms with Gasteiger partial charge in [-0.3, -0.25) is 0 Å². The molecule has 0 aromatic heterocycles. The van der Waals surface area contributed by atoms with E-state index in [0.717, 1.165) is 17.7 Å². The summed E-state index contributed by atoms with van der Waals surface area (Å²) in [6.07, 6.45) is 0.748. The van der Waals surface area contributed by atoms with Crippen LogP contribution >= 0.6 is 0 Å². The van der Waals surface area contributed by atoms with Crippen LogP contribution in [-0.2, 0) is 6.42 Å². The van der Waals surface area contributed by atoms with Gasteiger partial charge >= 0.3 is 0 Å². The van der Waals surface area contributed by atoms with Crippen LogP contribution in [0, 0.1) is 0 Å². The van der Waals surface area contributed by atoms with Crippen LogP contribution in [0.15, 0.2) is 12.1 Å². The Kier molecular flexibility index (Phi) is 2.00. The predicted octanol–water partition coefficient (Wildman–Crippen LogP) is 1.73. The van der Waals surface area contributed by atoms with Crippen molar-refractivity contribution in [2.24, 2.45) is 0 Å². The Bertz CT molecular complexity index is 320. The zero-order valence-corrected chi connectivity index (χ0v) is 7.54.